The minimum absolute atomic E-state index is 0.0720. The first-order chi connectivity index (χ1) is 18.0. The van der Waals surface area contributed by atoms with Crippen LogP contribution in [0.25, 0.3) is 5.76 Å². The highest BCUT2D eigenvalue weighted by molar-refractivity contribution is 6.50. The van der Waals surface area contributed by atoms with Crippen LogP contribution in [0.3, 0.4) is 0 Å². The average Bonchev–Trinajstić information content (AvgIpc) is 3.58. The van der Waals surface area contributed by atoms with Crippen molar-refractivity contribution in [1.29, 1.82) is 0 Å². The van der Waals surface area contributed by atoms with Gasteiger partial charge < -0.3 is 29.1 Å². The van der Waals surface area contributed by atoms with Gasteiger partial charge in [0.05, 0.1) is 17.4 Å². The van der Waals surface area contributed by atoms with Gasteiger partial charge in [0.1, 0.15) is 19.0 Å². The number of para-hydroxylation sites is 1. The van der Waals surface area contributed by atoms with E-state index in [4.69, 9.17) is 14.2 Å². The smallest absolute Gasteiger partial charge is 0.296 e. The molecule has 9 heteroatoms. The van der Waals surface area contributed by atoms with Gasteiger partial charge >= 0.3 is 0 Å². The summed E-state index contributed by atoms with van der Waals surface area (Å²) in [5.74, 6) is -1.63. The molecule has 4 heterocycles. The highest BCUT2D eigenvalue weighted by atomic mass is 16.6. The van der Waals surface area contributed by atoms with Crippen LogP contribution in [0.4, 0.5) is 5.69 Å². The highest BCUT2D eigenvalue weighted by Gasteiger charge is 2.67. The molecule has 2 atom stereocenters. The number of rotatable bonds is 5. The molecule has 0 aliphatic carbocycles. The third kappa shape index (κ3) is 3.37. The van der Waals surface area contributed by atoms with Crippen molar-refractivity contribution in [2.24, 2.45) is 0 Å². The van der Waals surface area contributed by atoms with Gasteiger partial charge in [0.25, 0.3) is 17.6 Å². The maximum atomic E-state index is 14.4. The lowest BCUT2D eigenvalue weighted by molar-refractivity contribution is -0.145. The monoisotopic (exact) mass is 504 g/mol. The summed E-state index contributed by atoms with van der Waals surface area (Å²) < 4.78 is 17.1. The second-order valence-corrected chi connectivity index (χ2v) is 9.65. The van der Waals surface area contributed by atoms with Gasteiger partial charge in [0.2, 0.25) is 0 Å². The molecule has 37 heavy (non-hydrogen) atoms. The molecule has 2 fully saturated rings. The number of carbonyl (C=O) groups is 3. The normalized spacial score (nSPS) is 25.9. The van der Waals surface area contributed by atoms with Crippen LogP contribution in [0.1, 0.15) is 37.3 Å². The molecule has 0 bridgehead atoms. The number of carbonyl (C=O) groups excluding carboxylic acids is 3. The Morgan fingerprint density at radius 1 is 1.05 bits per heavy atom. The molecule has 2 amide bonds. The molecule has 0 radical (unpaired) electrons. The number of hydrogen-bond donors (Lipinski definition) is 1. The van der Waals surface area contributed by atoms with Gasteiger partial charge in [-0.05, 0) is 43.5 Å². The van der Waals surface area contributed by atoms with Gasteiger partial charge in [0, 0.05) is 30.8 Å². The molecule has 0 aromatic heterocycles. The summed E-state index contributed by atoms with van der Waals surface area (Å²) in [5, 5.41) is 11.7. The average molecular weight is 505 g/mol. The lowest BCUT2D eigenvalue weighted by Crippen LogP contribution is -2.53. The maximum absolute atomic E-state index is 14.4. The predicted octanol–water partition coefficient (Wildman–Crippen LogP) is 2.97. The van der Waals surface area contributed by atoms with Gasteiger partial charge in [-0.25, -0.2) is 0 Å². The van der Waals surface area contributed by atoms with Crippen LogP contribution in [-0.4, -0.2) is 66.6 Å². The second kappa shape index (κ2) is 8.92. The van der Waals surface area contributed by atoms with E-state index in [0.717, 1.165) is 12.8 Å². The minimum atomic E-state index is -1.79. The van der Waals surface area contributed by atoms with E-state index in [1.54, 1.807) is 35.2 Å². The minimum Gasteiger partial charge on any atom is -0.507 e. The zero-order valence-electron chi connectivity index (χ0n) is 20.6. The number of ether oxygens (including phenoxy) is 3. The van der Waals surface area contributed by atoms with Crippen molar-refractivity contribution in [1.82, 2.24) is 4.90 Å². The van der Waals surface area contributed by atoms with Gasteiger partial charge in [-0.15, -0.1) is 0 Å². The fourth-order valence-electron chi connectivity index (χ4n) is 5.89. The predicted molar refractivity (Wildman–Crippen MR) is 133 cm³/mol. The fraction of sp³-hybridized carbons (Fsp3) is 0.393. The standard InChI is InChI=1S/C28H28N2O7/c1-2-11-29-20-8-4-3-7-19(20)28(27(29)34)23(25(32)26(33)30(28)16-18-6-5-12-35-18)24(31)17-9-10-21-22(15-17)37-14-13-36-21/h3-4,7-10,15,18,31H,2,5-6,11-14,16H2,1H3/b24-23-/t18-,28+/m1/s1. The zero-order chi connectivity index (χ0) is 25.7. The number of aliphatic hydroxyl groups is 1. The number of nitrogens with zero attached hydrogens (tertiary/aromatic N) is 2. The number of anilines is 1. The number of ketones is 1. The first-order valence-corrected chi connectivity index (χ1v) is 12.7. The lowest BCUT2D eigenvalue weighted by atomic mass is 9.81. The Balaban J connectivity index is 1.59. The Kier molecular flexibility index (Phi) is 5.67. The summed E-state index contributed by atoms with van der Waals surface area (Å²) in [6, 6.07) is 12.0. The first-order valence-electron chi connectivity index (χ1n) is 12.7. The van der Waals surface area contributed by atoms with E-state index >= 15 is 0 Å². The summed E-state index contributed by atoms with van der Waals surface area (Å²) >= 11 is 0. The van der Waals surface area contributed by atoms with E-state index in [1.165, 1.54) is 4.90 Å². The number of amides is 2. The molecule has 192 valence electrons. The molecule has 0 saturated carbocycles. The Labute approximate surface area is 214 Å². The van der Waals surface area contributed by atoms with Crippen molar-refractivity contribution in [3.8, 4) is 11.5 Å². The van der Waals surface area contributed by atoms with E-state index in [2.05, 4.69) is 0 Å². The van der Waals surface area contributed by atoms with Crippen LogP contribution in [-0.2, 0) is 24.7 Å². The molecule has 4 aliphatic rings. The summed E-state index contributed by atoms with van der Waals surface area (Å²) in [6.45, 7) is 3.76. The molecule has 1 N–H and O–H groups in total. The second-order valence-electron chi connectivity index (χ2n) is 9.65. The van der Waals surface area contributed by atoms with Crippen molar-refractivity contribution < 1.29 is 33.7 Å². The fourth-order valence-corrected chi connectivity index (χ4v) is 5.89. The summed E-state index contributed by atoms with van der Waals surface area (Å²) in [6.07, 6.45) is 1.93. The van der Waals surface area contributed by atoms with E-state index < -0.39 is 28.9 Å². The molecule has 2 aromatic rings. The van der Waals surface area contributed by atoms with Crippen molar-refractivity contribution in [3.05, 3.63) is 59.2 Å². The molecule has 1 spiro atoms. The van der Waals surface area contributed by atoms with Crippen LogP contribution in [0.15, 0.2) is 48.0 Å². The van der Waals surface area contributed by atoms with E-state index in [0.29, 0.717) is 55.5 Å². The number of likely N-dealkylation sites (tertiary alicyclic amines) is 1. The van der Waals surface area contributed by atoms with Gasteiger partial charge in [-0.1, -0.05) is 25.1 Å². The number of fused-ring (bicyclic) bond motifs is 3. The largest absolute Gasteiger partial charge is 0.507 e. The van der Waals surface area contributed by atoms with E-state index in [-0.39, 0.29) is 23.8 Å². The summed E-state index contributed by atoms with van der Waals surface area (Å²) in [4.78, 5) is 44.6. The molecule has 9 nitrogen and oxygen atoms in total. The van der Waals surface area contributed by atoms with Crippen LogP contribution in [0.2, 0.25) is 0 Å². The van der Waals surface area contributed by atoms with Crippen LogP contribution >= 0.6 is 0 Å². The Bertz CT molecular complexity index is 1330. The molecular weight excluding hydrogens is 476 g/mol. The van der Waals surface area contributed by atoms with Crippen molar-refractivity contribution in [2.75, 3.05) is 37.8 Å². The third-order valence-corrected chi connectivity index (χ3v) is 7.48. The van der Waals surface area contributed by atoms with Gasteiger partial charge in [0.15, 0.2) is 17.0 Å². The number of aliphatic hydroxyl groups excluding tert-OH is 1. The third-order valence-electron chi connectivity index (χ3n) is 7.48. The Hall–Kier alpha value is -3.85. The molecular formula is C28H28N2O7. The van der Waals surface area contributed by atoms with Crippen molar-refractivity contribution >= 4 is 29.0 Å². The SMILES string of the molecule is CCCN1C(=O)[C@@]2(/C(=C(\O)c3ccc4c(c3)OCCO4)C(=O)C(=O)N2C[C@H]2CCCO2)c2ccccc21. The van der Waals surface area contributed by atoms with Crippen molar-refractivity contribution in [3.63, 3.8) is 0 Å². The molecule has 2 aromatic carbocycles. The zero-order valence-corrected chi connectivity index (χ0v) is 20.6. The number of hydrogen-bond acceptors (Lipinski definition) is 7. The molecule has 2 saturated heterocycles. The molecule has 6 rings (SSSR count). The number of Topliss-reactive ketones (excluding diaryl/α,β-unsaturated/α-hetero) is 1. The molecule has 4 aliphatic heterocycles. The highest BCUT2D eigenvalue weighted by Crippen LogP contribution is 2.54. The van der Waals surface area contributed by atoms with E-state index in [1.807, 2.05) is 19.1 Å². The van der Waals surface area contributed by atoms with Gasteiger partial charge in [-0.3, -0.25) is 14.4 Å². The maximum Gasteiger partial charge on any atom is 0.296 e. The molecule has 0 unspecified atom stereocenters. The topological polar surface area (TPSA) is 106 Å². The Morgan fingerprint density at radius 2 is 1.84 bits per heavy atom. The summed E-state index contributed by atoms with van der Waals surface area (Å²) in [5.41, 5.74) is -0.629. The van der Waals surface area contributed by atoms with Crippen molar-refractivity contribution in [2.45, 2.75) is 37.8 Å². The lowest BCUT2D eigenvalue weighted by Gasteiger charge is -2.35. The van der Waals surface area contributed by atoms with Crippen LogP contribution in [0.5, 0.6) is 11.5 Å². The van der Waals surface area contributed by atoms with Crippen LogP contribution in [0, 0.1) is 0 Å². The number of benzene rings is 2. The quantitative estimate of drug-likeness (QED) is 0.379. The Morgan fingerprint density at radius 3 is 2.59 bits per heavy atom. The van der Waals surface area contributed by atoms with Gasteiger partial charge in [-0.2, -0.15) is 0 Å². The first kappa shape index (κ1) is 23.5. The van der Waals surface area contributed by atoms with E-state index in [9.17, 15) is 19.5 Å². The summed E-state index contributed by atoms with van der Waals surface area (Å²) in [7, 11) is 0. The van der Waals surface area contributed by atoms with Crippen LogP contribution < -0.4 is 14.4 Å².